The Labute approximate surface area is 178 Å². The van der Waals surface area contributed by atoms with Crippen LogP contribution in [-0.4, -0.2) is 69.5 Å². The largest absolute Gasteiger partial charge is 0.481 e. The zero-order valence-electron chi connectivity index (χ0n) is 16.4. The lowest BCUT2D eigenvalue weighted by Gasteiger charge is -2.39. The average Bonchev–Trinajstić information content (AvgIpc) is 3.33. The molecule has 2 saturated heterocycles. The van der Waals surface area contributed by atoms with Gasteiger partial charge < -0.3 is 14.5 Å². The fraction of sp³-hybridized carbons (Fsp3) is 0.526. The molecule has 0 saturated carbocycles. The van der Waals surface area contributed by atoms with Crippen molar-refractivity contribution in [2.45, 2.75) is 26.2 Å². The number of nitrogens with zero attached hydrogens (tertiary/aromatic N) is 5. The van der Waals surface area contributed by atoms with Gasteiger partial charge in [-0.1, -0.05) is 16.1 Å². The third kappa shape index (κ3) is 3.93. The molecule has 1 spiro atoms. The minimum Gasteiger partial charge on any atom is -0.481 e. The Balaban J connectivity index is 1.39. The van der Waals surface area contributed by atoms with E-state index in [2.05, 4.69) is 14.6 Å². The van der Waals surface area contributed by atoms with Gasteiger partial charge in [0.2, 0.25) is 5.88 Å². The van der Waals surface area contributed by atoms with Crippen LogP contribution in [0.25, 0.3) is 0 Å². The minimum atomic E-state index is -0.0697. The van der Waals surface area contributed by atoms with Crippen LogP contribution in [0, 0.1) is 12.3 Å². The summed E-state index contributed by atoms with van der Waals surface area (Å²) in [5, 5.41) is 4.18. The van der Waals surface area contributed by atoms with E-state index < -0.39 is 0 Å². The molecular formula is C19H22ClN5O3S. The van der Waals surface area contributed by atoms with E-state index in [1.807, 2.05) is 16.7 Å². The van der Waals surface area contributed by atoms with E-state index in [9.17, 15) is 9.59 Å². The Morgan fingerprint density at radius 1 is 1.14 bits per heavy atom. The normalized spacial score (nSPS) is 18.3. The van der Waals surface area contributed by atoms with E-state index in [1.54, 1.807) is 12.1 Å². The number of hydrogen-bond donors (Lipinski definition) is 0. The highest BCUT2D eigenvalue weighted by Gasteiger charge is 2.43. The van der Waals surface area contributed by atoms with Gasteiger partial charge in [-0.05, 0) is 49.2 Å². The van der Waals surface area contributed by atoms with E-state index in [1.165, 1.54) is 7.11 Å². The van der Waals surface area contributed by atoms with Crippen LogP contribution in [0.4, 0.5) is 0 Å². The van der Waals surface area contributed by atoms with Crippen LogP contribution in [0.1, 0.15) is 45.0 Å². The van der Waals surface area contributed by atoms with Gasteiger partial charge in [0.25, 0.3) is 11.8 Å². The first-order valence-electron chi connectivity index (χ1n) is 9.50. The molecule has 4 rings (SSSR count). The molecule has 8 nitrogen and oxygen atoms in total. The highest BCUT2D eigenvalue weighted by molar-refractivity contribution is 7.07. The molecule has 2 aromatic heterocycles. The summed E-state index contributed by atoms with van der Waals surface area (Å²) in [6, 6.07) is 3.18. The Kier molecular flexibility index (Phi) is 5.44. The number of aromatic nitrogens is 3. The molecule has 0 unspecified atom stereocenters. The van der Waals surface area contributed by atoms with Crippen LogP contribution in [0.2, 0.25) is 5.15 Å². The van der Waals surface area contributed by atoms with Crippen molar-refractivity contribution in [3.8, 4) is 5.88 Å². The second kappa shape index (κ2) is 7.87. The van der Waals surface area contributed by atoms with Gasteiger partial charge in [-0.3, -0.25) is 9.59 Å². The molecule has 2 aliphatic rings. The second-order valence-corrected chi connectivity index (χ2v) is 8.82. The van der Waals surface area contributed by atoms with E-state index >= 15 is 0 Å². The van der Waals surface area contributed by atoms with Gasteiger partial charge in [0.05, 0.1) is 12.8 Å². The molecule has 4 heterocycles. The molecule has 0 aromatic carbocycles. The first kappa shape index (κ1) is 20.0. The van der Waals surface area contributed by atoms with Gasteiger partial charge in [-0.15, -0.1) is 5.10 Å². The molecule has 2 amide bonds. The lowest BCUT2D eigenvalue weighted by molar-refractivity contribution is 0.0565. The molecule has 2 fully saturated rings. The zero-order valence-corrected chi connectivity index (χ0v) is 17.9. The summed E-state index contributed by atoms with van der Waals surface area (Å²) >= 11 is 7.16. The summed E-state index contributed by atoms with van der Waals surface area (Å²) < 4.78 is 8.98. The van der Waals surface area contributed by atoms with Crippen molar-refractivity contribution in [3.05, 3.63) is 33.4 Å². The topological polar surface area (TPSA) is 88.5 Å². The standard InChI is InChI=1S/C19H22ClN5O3S/c1-12-16(29-23-22-12)18(27)25-8-5-19(11-25)3-6-24(7-4-19)17(26)13-9-14(20)21-15(10-13)28-2/h9-10H,3-8,11H2,1-2H3. The number of rotatable bonds is 3. The van der Waals surface area contributed by atoms with Crippen molar-refractivity contribution in [1.29, 1.82) is 0 Å². The third-order valence-corrected chi connectivity index (χ3v) is 6.92. The number of amides is 2. The van der Waals surface area contributed by atoms with E-state index in [0.717, 1.165) is 43.9 Å². The number of halogens is 1. The number of hydrogen-bond acceptors (Lipinski definition) is 7. The number of likely N-dealkylation sites (tertiary alicyclic amines) is 2. The van der Waals surface area contributed by atoms with Crippen LogP contribution >= 0.6 is 23.1 Å². The third-order valence-electron chi connectivity index (χ3n) is 5.91. The van der Waals surface area contributed by atoms with Crippen LogP contribution in [0.3, 0.4) is 0 Å². The summed E-state index contributed by atoms with van der Waals surface area (Å²) in [7, 11) is 1.49. The summed E-state index contributed by atoms with van der Waals surface area (Å²) in [6.45, 7) is 4.59. The molecule has 10 heteroatoms. The van der Waals surface area contributed by atoms with Gasteiger partial charge in [0.15, 0.2) is 0 Å². The summed E-state index contributed by atoms with van der Waals surface area (Å²) in [5.41, 5.74) is 1.24. The summed E-state index contributed by atoms with van der Waals surface area (Å²) in [4.78, 5) is 34.1. The van der Waals surface area contributed by atoms with Crippen molar-refractivity contribution in [2.24, 2.45) is 5.41 Å². The summed E-state index contributed by atoms with van der Waals surface area (Å²) in [6.07, 6.45) is 2.71. The first-order valence-corrected chi connectivity index (χ1v) is 10.6. The number of ether oxygens (including phenoxy) is 1. The molecule has 0 atom stereocenters. The molecule has 0 bridgehead atoms. The van der Waals surface area contributed by atoms with Crippen LogP contribution < -0.4 is 4.74 Å². The van der Waals surface area contributed by atoms with Crippen molar-refractivity contribution in [2.75, 3.05) is 33.3 Å². The molecule has 2 aromatic rings. The summed E-state index contributed by atoms with van der Waals surface area (Å²) in [5.74, 6) is 0.276. The molecule has 0 N–H and O–H groups in total. The predicted molar refractivity (Wildman–Crippen MR) is 109 cm³/mol. The van der Waals surface area contributed by atoms with Crippen LogP contribution in [-0.2, 0) is 0 Å². The smallest absolute Gasteiger partial charge is 0.267 e. The highest BCUT2D eigenvalue weighted by atomic mass is 35.5. The predicted octanol–water partition coefficient (Wildman–Crippen LogP) is 2.67. The van der Waals surface area contributed by atoms with Crippen LogP contribution in [0.15, 0.2) is 12.1 Å². The molecule has 2 aliphatic heterocycles. The maximum Gasteiger partial charge on any atom is 0.267 e. The molecule has 0 radical (unpaired) electrons. The van der Waals surface area contributed by atoms with E-state index in [0.29, 0.717) is 35.1 Å². The van der Waals surface area contributed by atoms with E-state index in [-0.39, 0.29) is 22.4 Å². The van der Waals surface area contributed by atoms with Gasteiger partial charge in [0.1, 0.15) is 10.0 Å². The van der Waals surface area contributed by atoms with Crippen LogP contribution in [0.5, 0.6) is 5.88 Å². The highest BCUT2D eigenvalue weighted by Crippen LogP contribution is 2.41. The number of aryl methyl sites for hydroxylation is 1. The van der Waals surface area contributed by atoms with Gasteiger partial charge >= 0.3 is 0 Å². The Bertz CT molecular complexity index is 942. The van der Waals surface area contributed by atoms with Gasteiger partial charge in [-0.25, -0.2) is 4.98 Å². The molecule has 29 heavy (non-hydrogen) atoms. The van der Waals surface area contributed by atoms with Gasteiger partial charge in [-0.2, -0.15) is 0 Å². The Morgan fingerprint density at radius 2 is 1.83 bits per heavy atom. The zero-order chi connectivity index (χ0) is 20.6. The first-order chi connectivity index (χ1) is 13.9. The molecule has 154 valence electrons. The van der Waals surface area contributed by atoms with Crippen molar-refractivity contribution in [3.63, 3.8) is 0 Å². The SMILES string of the molecule is COc1cc(C(=O)N2CCC3(CC2)CCN(C(=O)c2snnc2C)C3)cc(Cl)n1. The molecule has 0 aliphatic carbocycles. The number of pyridine rings is 1. The number of carbonyl (C=O) groups excluding carboxylic acids is 2. The Hall–Kier alpha value is -2.26. The lowest BCUT2D eigenvalue weighted by atomic mass is 9.77. The molecular weight excluding hydrogens is 414 g/mol. The van der Waals surface area contributed by atoms with Crippen molar-refractivity contribution >= 4 is 34.9 Å². The quantitative estimate of drug-likeness (QED) is 0.688. The van der Waals surface area contributed by atoms with Crippen molar-refractivity contribution < 1.29 is 14.3 Å². The van der Waals surface area contributed by atoms with E-state index in [4.69, 9.17) is 16.3 Å². The average molecular weight is 436 g/mol. The number of methoxy groups -OCH3 is 1. The maximum absolute atomic E-state index is 12.9. The monoisotopic (exact) mass is 435 g/mol. The number of carbonyl (C=O) groups is 2. The Morgan fingerprint density at radius 3 is 2.45 bits per heavy atom. The second-order valence-electron chi connectivity index (χ2n) is 7.68. The fourth-order valence-corrected chi connectivity index (χ4v) is 4.98. The van der Waals surface area contributed by atoms with Crippen molar-refractivity contribution in [1.82, 2.24) is 24.4 Å². The maximum atomic E-state index is 12.9. The lowest BCUT2D eigenvalue weighted by Crippen LogP contribution is -2.44. The fourth-order valence-electron chi connectivity index (χ4n) is 4.16. The minimum absolute atomic E-state index is 0.0198. The number of piperidine rings is 1. The van der Waals surface area contributed by atoms with Gasteiger partial charge in [0, 0.05) is 37.8 Å².